The number of aryl methyl sites for hydroxylation is 1. The average molecular weight is 661 g/mol. The van der Waals surface area contributed by atoms with Gasteiger partial charge in [0.2, 0.25) is 0 Å². The van der Waals surface area contributed by atoms with Crippen LogP contribution in [0.5, 0.6) is 0 Å². The van der Waals surface area contributed by atoms with Gasteiger partial charge in [-0.1, -0.05) is 84.9 Å². The van der Waals surface area contributed by atoms with Gasteiger partial charge in [0.05, 0.1) is 29.0 Å². The maximum Gasteiger partial charge on any atom is 0.410 e. The van der Waals surface area contributed by atoms with E-state index >= 15 is 0 Å². The van der Waals surface area contributed by atoms with Crippen LogP contribution in [0.3, 0.4) is 0 Å². The van der Waals surface area contributed by atoms with Crippen molar-refractivity contribution in [2.75, 3.05) is 13.1 Å². The molecule has 0 radical (unpaired) electrons. The molecule has 250 valence electrons. The van der Waals surface area contributed by atoms with Gasteiger partial charge in [-0.05, 0) is 101 Å². The van der Waals surface area contributed by atoms with Crippen LogP contribution in [0.1, 0.15) is 48.9 Å². The highest BCUT2D eigenvalue weighted by molar-refractivity contribution is 5.92. The summed E-state index contributed by atoms with van der Waals surface area (Å²) in [5, 5.41) is 2.40. The lowest BCUT2D eigenvalue weighted by Gasteiger charge is -2.22. The Kier molecular flexibility index (Phi) is 8.84. The number of nitrogens with zero attached hydrogens (tertiary/aromatic N) is 3. The van der Waals surface area contributed by atoms with Gasteiger partial charge in [0.15, 0.2) is 0 Å². The van der Waals surface area contributed by atoms with E-state index in [0.717, 1.165) is 88.3 Å². The lowest BCUT2D eigenvalue weighted by atomic mass is 9.97. The predicted octanol–water partition coefficient (Wildman–Crippen LogP) is 9.20. The average Bonchev–Trinajstić information content (AvgIpc) is 3.94. The van der Waals surface area contributed by atoms with Crippen LogP contribution >= 0.6 is 0 Å². The van der Waals surface area contributed by atoms with E-state index in [-0.39, 0.29) is 18.7 Å². The van der Waals surface area contributed by atoms with E-state index < -0.39 is 0 Å². The molecule has 2 aromatic heterocycles. The molecule has 0 saturated carbocycles. The van der Waals surface area contributed by atoms with Gasteiger partial charge < -0.3 is 20.4 Å². The van der Waals surface area contributed by atoms with Crippen LogP contribution in [0.25, 0.3) is 55.3 Å². The van der Waals surface area contributed by atoms with Gasteiger partial charge in [-0.3, -0.25) is 4.90 Å². The van der Waals surface area contributed by atoms with Crippen LogP contribution < -0.4 is 5.73 Å². The minimum absolute atomic E-state index is 0.126. The number of imidazole rings is 2. The number of carbonyl (C=O) groups is 1. The Labute approximate surface area is 291 Å². The SMILES string of the molecule is NCCCCc1nc2ccc(-c3ccc4ccc(-c5ccc(-c6cnc([C@@H]7CCCN7C(=O)OCc7ccccc7)[nH]6)cc5)cc4c3)cc2[nH]1. The Bertz CT molecular complexity index is 2260. The second-order valence-electron chi connectivity index (χ2n) is 13.1. The van der Waals surface area contributed by atoms with Gasteiger partial charge >= 0.3 is 6.09 Å². The van der Waals surface area contributed by atoms with E-state index in [1.165, 1.54) is 16.3 Å². The molecule has 1 fully saturated rings. The Balaban J connectivity index is 0.966. The molecule has 0 bridgehead atoms. The molecule has 8 rings (SSSR count). The van der Waals surface area contributed by atoms with Crippen molar-refractivity contribution in [2.24, 2.45) is 5.73 Å². The van der Waals surface area contributed by atoms with E-state index in [0.29, 0.717) is 13.1 Å². The van der Waals surface area contributed by atoms with Gasteiger partial charge in [-0.15, -0.1) is 0 Å². The summed E-state index contributed by atoms with van der Waals surface area (Å²) >= 11 is 0. The fourth-order valence-electron chi connectivity index (χ4n) is 6.97. The summed E-state index contributed by atoms with van der Waals surface area (Å²) < 4.78 is 5.63. The predicted molar refractivity (Wildman–Crippen MR) is 199 cm³/mol. The summed E-state index contributed by atoms with van der Waals surface area (Å²) in [6, 6.07) is 37.9. The molecule has 1 aliphatic rings. The van der Waals surface area contributed by atoms with Gasteiger partial charge in [0.1, 0.15) is 18.3 Å². The molecule has 1 aliphatic heterocycles. The first-order valence-corrected chi connectivity index (χ1v) is 17.5. The maximum atomic E-state index is 13.0. The molecule has 0 aliphatic carbocycles. The largest absolute Gasteiger partial charge is 0.445 e. The molecule has 0 unspecified atom stereocenters. The minimum atomic E-state index is -0.302. The van der Waals surface area contributed by atoms with Crippen LogP contribution in [0, 0.1) is 0 Å². The summed E-state index contributed by atoms with van der Waals surface area (Å²) in [4.78, 5) is 31.2. The number of amides is 1. The van der Waals surface area contributed by atoms with Crippen LogP contribution in [-0.2, 0) is 17.8 Å². The highest BCUT2D eigenvalue weighted by Gasteiger charge is 2.33. The van der Waals surface area contributed by atoms with Crippen LogP contribution in [-0.4, -0.2) is 44.0 Å². The number of fused-ring (bicyclic) bond motifs is 2. The van der Waals surface area contributed by atoms with Crippen LogP contribution in [0.2, 0.25) is 0 Å². The summed E-state index contributed by atoms with van der Waals surface area (Å²) in [5.74, 6) is 1.81. The molecule has 1 amide bonds. The second kappa shape index (κ2) is 14.0. The lowest BCUT2D eigenvalue weighted by Crippen LogP contribution is -2.31. The monoisotopic (exact) mass is 660 g/mol. The van der Waals surface area contributed by atoms with Crippen LogP contribution in [0.4, 0.5) is 4.79 Å². The molecule has 8 nitrogen and oxygen atoms in total. The third kappa shape index (κ3) is 6.62. The third-order valence-electron chi connectivity index (χ3n) is 9.70. The smallest absolute Gasteiger partial charge is 0.410 e. The molecule has 1 saturated heterocycles. The number of nitrogens with two attached hydrogens (primary N) is 1. The zero-order chi connectivity index (χ0) is 33.9. The van der Waals surface area contributed by atoms with Crippen LogP contribution in [0.15, 0.2) is 115 Å². The molecular weight excluding hydrogens is 621 g/mol. The summed E-state index contributed by atoms with van der Waals surface area (Å²) in [5.41, 5.74) is 15.3. The van der Waals surface area contributed by atoms with E-state index in [1.807, 2.05) is 36.5 Å². The van der Waals surface area contributed by atoms with Crippen molar-refractivity contribution in [3.8, 4) is 33.5 Å². The number of hydrogen-bond acceptors (Lipinski definition) is 5. The number of ether oxygens (including phenoxy) is 1. The highest BCUT2D eigenvalue weighted by Crippen LogP contribution is 2.34. The Morgan fingerprint density at radius 3 is 2.32 bits per heavy atom. The summed E-state index contributed by atoms with van der Waals surface area (Å²) in [6.45, 7) is 1.63. The number of H-pyrrole nitrogens is 2. The number of aromatic nitrogens is 4. The second-order valence-corrected chi connectivity index (χ2v) is 13.1. The minimum Gasteiger partial charge on any atom is -0.445 e. The van der Waals surface area contributed by atoms with E-state index in [1.54, 1.807) is 4.90 Å². The number of carbonyl (C=O) groups excluding carboxylic acids is 1. The highest BCUT2D eigenvalue weighted by atomic mass is 16.6. The molecule has 4 N–H and O–H groups in total. The Hall–Kier alpha value is -5.73. The number of aromatic amines is 2. The number of hydrogen-bond donors (Lipinski definition) is 3. The molecule has 3 heterocycles. The normalized spacial score (nSPS) is 14.5. The van der Waals surface area contributed by atoms with Crippen molar-refractivity contribution in [1.29, 1.82) is 0 Å². The van der Waals surface area contributed by atoms with Crippen molar-refractivity contribution in [2.45, 2.75) is 44.8 Å². The Morgan fingerprint density at radius 2 is 1.52 bits per heavy atom. The van der Waals surface area contributed by atoms with Crippen molar-refractivity contribution < 1.29 is 9.53 Å². The zero-order valence-electron chi connectivity index (χ0n) is 27.9. The first kappa shape index (κ1) is 31.5. The first-order valence-electron chi connectivity index (χ1n) is 17.5. The van der Waals surface area contributed by atoms with Gasteiger partial charge in [-0.25, -0.2) is 14.8 Å². The number of rotatable bonds is 10. The summed E-state index contributed by atoms with van der Waals surface area (Å²) in [6.07, 6.45) is 6.28. The summed E-state index contributed by atoms with van der Waals surface area (Å²) in [7, 11) is 0. The first-order chi connectivity index (χ1) is 24.6. The van der Waals surface area contributed by atoms with Gasteiger partial charge in [0.25, 0.3) is 0 Å². The number of likely N-dealkylation sites (tertiary alicyclic amines) is 1. The molecule has 50 heavy (non-hydrogen) atoms. The van der Waals surface area contributed by atoms with Gasteiger partial charge in [0, 0.05) is 13.0 Å². The van der Waals surface area contributed by atoms with Crippen molar-refractivity contribution >= 4 is 27.9 Å². The van der Waals surface area contributed by atoms with Crippen molar-refractivity contribution in [3.63, 3.8) is 0 Å². The third-order valence-corrected chi connectivity index (χ3v) is 9.70. The molecule has 8 heteroatoms. The topological polar surface area (TPSA) is 113 Å². The molecule has 0 spiro atoms. The molecule has 7 aromatic rings. The fourth-order valence-corrected chi connectivity index (χ4v) is 6.97. The molecule has 5 aromatic carbocycles. The lowest BCUT2D eigenvalue weighted by molar-refractivity contribution is 0.0910. The number of unbranched alkanes of at least 4 members (excludes halogenated alkanes) is 1. The van der Waals surface area contributed by atoms with E-state index in [2.05, 4.69) is 88.8 Å². The molecular formula is C42H40N6O2. The number of nitrogens with one attached hydrogen (secondary N) is 2. The van der Waals surface area contributed by atoms with Gasteiger partial charge in [-0.2, -0.15) is 0 Å². The standard InChI is InChI=1S/C42H40N6O2/c43-21-5-4-10-40-45-36-20-19-34(25-37(36)46-40)33-18-14-30-13-17-32(23-35(30)24-33)29-11-15-31(16-12-29)38-26-44-41(47-38)39-9-6-22-48(39)42(49)50-27-28-7-2-1-3-8-28/h1-3,7-8,11-20,23-26,39H,4-6,9-10,21-22,27,43H2,(H,44,47)(H,45,46)/t39-/m0/s1. The quantitative estimate of drug-likeness (QED) is 0.127. The van der Waals surface area contributed by atoms with Crippen molar-refractivity contribution in [1.82, 2.24) is 24.8 Å². The van der Waals surface area contributed by atoms with E-state index in [9.17, 15) is 4.79 Å². The molecule has 1 atom stereocenters. The Morgan fingerprint density at radius 1 is 0.800 bits per heavy atom. The maximum absolute atomic E-state index is 13.0. The van der Waals surface area contributed by atoms with Crippen molar-refractivity contribution in [3.05, 3.63) is 133 Å². The van der Waals surface area contributed by atoms with E-state index in [4.69, 9.17) is 20.4 Å². The fraction of sp³-hybridized carbons (Fsp3) is 0.214. The zero-order valence-corrected chi connectivity index (χ0v) is 27.9. The number of benzene rings is 5.